The van der Waals surface area contributed by atoms with Crippen LogP contribution < -0.4 is 15.5 Å². The Labute approximate surface area is 276 Å². The molecule has 0 aliphatic carbocycles. The predicted octanol–water partition coefficient (Wildman–Crippen LogP) is 5.29. The highest BCUT2D eigenvalue weighted by atomic mass is 32.1. The molecule has 1 aromatic heterocycles. The molecule has 4 atom stereocenters. The molecule has 2 aliphatic rings. The third kappa shape index (κ3) is 7.78. The number of hydrogen-bond acceptors (Lipinski definition) is 7. The van der Waals surface area contributed by atoms with Crippen LogP contribution in [0.1, 0.15) is 69.8 Å². The van der Waals surface area contributed by atoms with Crippen molar-refractivity contribution in [2.75, 3.05) is 31.6 Å². The molecule has 2 N–H and O–H groups in total. The Morgan fingerprint density at radius 3 is 2.28 bits per heavy atom. The second-order valence-electron chi connectivity index (χ2n) is 13.6. The molecule has 2 saturated heterocycles. The molecule has 0 saturated carbocycles. The number of likely N-dealkylation sites (tertiary alicyclic amines) is 1. The number of rotatable bonds is 10. The molecular weight excluding hydrogens is 598 g/mol. The summed E-state index contributed by atoms with van der Waals surface area (Å²) in [6.45, 7) is 12.1. The number of thiazole rings is 1. The average Bonchev–Trinajstić information content (AvgIpc) is 3.81. The molecular formula is C36H47N5O4S. The lowest BCUT2D eigenvalue weighted by Crippen LogP contribution is -2.58. The Morgan fingerprint density at radius 2 is 1.70 bits per heavy atom. The van der Waals surface area contributed by atoms with E-state index in [1.165, 1.54) is 18.5 Å². The van der Waals surface area contributed by atoms with Crippen LogP contribution in [-0.4, -0.2) is 72.5 Å². The van der Waals surface area contributed by atoms with E-state index in [1.54, 1.807) is 23.3 Å². The molecule has 3 aromatic rings. The molecule has 0 bridgehead atoms. The van der Waals surface area contributed by atoms with Crippen molar-refractivity contribution in [1.82, 2.24) is 20.5 Å². The van der Waals surface area contributed by atoms with E-state index in [0.29, 0.717) is 6.42 Å². The van der Waals surface area contributed by atoms with Gasteiger partial charge in [0.15, 0.2) is 0 Å². The molecule has 2 fully saturated rings. The number of hydrogen-bond donors (Lipinski definition) is 2. The van der Waals surface area contributed by atoms with Crippen molar-refractivity contribution >= 4 is 34.7 Å². The fourth-order valence-corrected chi connectivity index (χ4v) is 7.18. The van der Waals surface area contributed by atoms with Crippen molar-refractivity contribution in [3.05, 3.63) is 70.9 Å². The van der Waals surface area contributed by atoms with Crippen LogP contribution in [-0.2, 0) is 25.5 Å². The van der Waals surface area contributed by atoms with Gasteiger partial charge in [-0.15, -0.1) is 11.3 Å². The normalized spacial score (nSPS) is 19.6. The number of anilines is 1. The molecule has 46 heavy (non-hydrogen) atoms. The second kappa shape index (κ2) is 14.3. The third-order valence-corrected chi connectivity index (χ3v) is 10.1. The Kier molecular flexibility index (Phi) is 10.5. The number of aromatic nitrogens is 1. The van der Waals surface area contributed by atoms with Crippen LogP contribution in [0.5, 0.6) is 0 Å². The van der Waals surface area contributed by atoms with Gasteiger partial charge in [0, 0.05) is 38.9 Å². The topological polar surface area (TPSA) is 104 Å². The van der Waals surface area contributed by atoms with E-state index in [0.717, 1.165) is 40.4 Å². The molecule has 5 rings (SSSR count). The van der Waals surface area contributed by atoms with Gasteiger partial charge in [-0.1, -0.05) is 57.2 Å². The van der Waals surface area contributed by atoms with Crippen LogP contribution in [0.3, 0.4) is 0 Å². The van der Waals surface area contributed by atoms with Crippen molar-refractivity contribution in [3.63, 3.8) is 0 Å². The Hall–Kier alpha value is -3.76. The van der Waals surface area contributed by atoms with E-state index in [1.807, 2.05) is 76.5 Å². The van der Waals surface area contributed by atoms with E-state index in [2.05, 4.69) is 32.7 Å². The van der Waals surface area contributed by atoms with Crippen LogP contribution in [0.2, 0.25) is 0 Å². The molecule has 10 heteroatoms. The maximum absolute atomic E-state index is 14.1. The lowest BCUT2D eigenvalue weighted by atomic mass is 9.85. The number of carbonyl (C=O) groups excluding carboxylic acids is 3. The minimum atomic E-state index is -0.810. The number of amides is 3. The maximum Gasteiger partial charge on any atom is 0.246 e. The highest BCUT2D eigenvalue weighted by Gasteiger charge is 2.45. The molecule has 246 valence electrons. The van der Waals surface area contributed by atoms with Crippen LogP contribution >= 0.6 is 11.3 Å². The highest BCUT2D eigenvalue weighted by Crippen LogP contribution is 2.30. The molecule has 3 heterocycles. The van der Waals surface area contributed by atoms with E-state index < -0.39 is 17.5 Å². The van der Waals surface area contributed by atoms with Crippen molar-refractivity contribution in [2.24, 2.45) is 5.41 Å². The number of carbonyl (C=O) groups is 3. The summed E-state index contributed by atoms with van der Waals surface area (Å²) in [7, 11) is 1.60. The lowest BCUT2D eigenvalue weighted by molar-refractivity contribution is -0.144. The zero-order valence-electron chi connectivity index (χ0n) is 27.8. The monoisotopic (exact) mass is 645 g/mol. The quantitative estimate of drug-likeness (QED) is 0.311. The van der Waals surface area contributed by atoms with Crippen LogP contribution in [0.25, 0.3) is 10.4 Å². The van der Waals surface area contributed by atoms with Gasteiger partial charge in [0.1, 0.15) is 12.1 Å². The molecule has 2 aromatic carbocycles. The standard InChI is InChI=1S/C36H47N5O4S/c1-23(26-11-13-27(14-12-26)32-24(2)37-22-46-32)38-34(43)30-20-29(45-6)21-41(30)35(44)33(36(3,4)5)39-31(42)19-25-9-15-28(16-10-25)40-17-7-8-18-40/h9-16,22-23,29-30,33H,7-8,17-21H2,1-6H3,(H,38,43)(H,39,42)/t23-,29+,30-,33?/m0/s1. The molecule has 0 radical (unpaired) electrons. The Bertz CT molecular complexity index is 1510. The first-order chi connectivity index (χ1) is 21.9. The van der Waals surface area contributed by atoms with Crippen molar-refractivity contribution in [2.45, 2.75) is 84.5 Å². The summed E-state index contributed by atoms with van der Waals surface area (Å²) in [6, 6.07) is 14.4. The van der Waals surface area contributed by atoms with Crippen molar-refractivity contribution in [3.8, 4) is 10.4 Å². The van der Waals surface area contributed by atoms with Gasteiger partial charge in [-0.25, -0.2) is 4.98 Å². The molecule has 2 aliphatic heterocycles. The van der Waals surface area contributed by atoms with Gasteiger partial charge in [0.05, 0.1) is 34.6 Å². The lowest BCUT2D eigenvalue weighted by Gasteiger charge is -2.35. The van der Waals surface area contributed by atoms with Gasteiger partial charge < -0.3 is 25.2 Å². The van der Waals surface area contributed by atoms with Crippen molar-refractivity contribution in [1.29, 1.82) is 0 Å². The highest BCUT2D eigenvalue weighted by molar-refractivity contribution is 7.13. The first kappa shape index (κ1) is 33.6. The number of benzene rings is 2. The fourth-order valence-electron chi connectivity index (χ4n) is 6.37. The van der Waals surface area contributed by atoms with E-state index in [4.69, 9.17) is 4.74 Å². The number of ether oxygens (including phenoxy) is 1. The molecule has 9 nitrogen and oxygen atoms in total. The SMILES string of the molecule is CO[C@@H]1C[C@@H](C(=O)N[C@@H](C)c2ccc(-c3scnc3C)cc2)N(C(=O)C(NC(=O)Cc2ccc(N3CCCC3)cc2)C(C)(C)C)C1. The predicted molar refractivity (Wildman–Crippen MR) is 183 cm³/mol. The zero-order chi connectivity index (χ0) is 33.0. The first-order valence-electron chi connectivity index (χ1n) is 16.2. The average molecular weight is 646 g/mol. The number of aryl methyl sites for hydroxylation is 1. The van der Waals surface area contributed by atoms with Gasteiger partial charge in [-0.05, 0) is 60.9 Å². The maximum atomic E-state index is 14.1. The van der Waals surface area contributed by atoms with Gasteiger partial charge in [-0.3, -0.25) is 14.4 Å². The summed E-state index contributed by atoms with van der Waals surface area (Å²) in [5.74, 6) is -0.738. The fraction of sp³-hybridized carbons (Fsp3) is 0.500. The Morgan fingerprint density at radius 1 is 1.02 bits per heavy atom. The summed E-state index contributed by atoms with van der Waals surface area (Å²) in [4.78, 5) is 50.6. The van der Waals surface area contributed by atoms with Gasteiger partial charge >= 0.3 is 0 Å². The third-order valence-electron chi connectivity index (χ3n) is 9.15. The largest absolute Gasteiger partial charge is 0.380 e. The second-order valence-corrected chi connectivity index (χ2v) is 14.5. The minimum Gasteiger partial charge on any atom is -0.380 e. The summed E-state index contributed by atoms with van der Waals surface area (Å²) in [6.07, 6.45) is 2.70. The number of nitrogens with one attached hydrogen (secondary N) is 2. The van der Waals surface area contributed by atoms with E-state index in [-0.39, 0.29) is 42.8 Å². The zero-order valence-corrected chi connectivity index (χ0v) is 28.7. The Balaban J connectivity index is 1.25. The van der Waals surface area contributed by atoms with E-state index in [9.17, 15) is 14.4 Å². The van der Waals surface area contributed by atoms with Gasteiger partial charge in [0.25, 0.3) is 0 Å². The number of nitrogens with zero attached hydrogens (tertiary/aromatic N) is 3. The first-order valence-corrected chi connectivity index (χ1v) is 17.1. The summed E-state index contributed by atoms with van der Waals surface area (Å²) in [5.41, 5.74) is 6.37. The van der Waals surface area contributed by atoms with Crippen LogP contribution in [0.15, 0.2) is 54.0 Å². The summed E-state index contributed by atoms with van der Waals surface area (Å²) < 4.78 is 5.62. The summed E-state index contributed by atoms with van der Waals surface area (Å²) >= 11 is 1.60. The van der Waals surface area contributed by atoms with Crippen LogP contribution in [0, 0.1) is 12.3 Å². The van der Waals surface area contributed by atoms with E-state index >= 15 is 0 Å². The molecule has 1 unspecified atom stereocenters. The molecule has 0 spiro atoms. The minimum absolute atomic E-state index is 0.170. The van der Waals surface area contributed by atoms with Crippen LogP contribution in [0.4, 0.5) is 5.69 Å². The molecule has 3 amide bonds. The number of methoxy groups -OCH3 is 1. The van der Waals surface area contributed by atoms with Gasteiger partial charge in [-0.2, -0.15) is 0 Å². The smallest absolute Gasteiger partial charge is 0.246 e. The van der Waals surface area contributed by atoms with Crippen molar-refractivity contribution < 1.29 is 19.1 Å². The summed E-state index contributed by atoms with van der Waals surface area (Å²) in [5, 5.41) is 6.13. The van der Waals surface area contributed by atoms with Gasteiger partial charge in [0.2, 0.25) is 17.7 Å².